The Kier molecular flexibility index (Phi) is 4.20. The van der Waals surface area contributed by atoms with E-state index in [1.807, 2.05) is 30.0 Å². The second kappa shape index (κ2) is 5.70. The van der Waals surface area contributed by atoms with Crippen LogP contribution in [0.15, 0.2) is 40.8 Å². The van der Waals surface area contributed by atoms with Crippen LogP contribution >= 0.6 is 22.6 Å². The molecule has 1 aliphatic rings. The predicted octanol–water partition coefficient (Wildman–Crippen LogP) is 2.62. The maximum atomic E-state index is 7.53. The summed E-state index contributed by atoms with van der Waals surface area (Å²) in [5.41, 5.74) is 2.82. The molecule has 1 aliphatic heterocycles. The molecule has 0 fully saturated rings. The smallest absolute Gasteiger partial charge is 0.161 e. The zero-order valence-corrected chi connectivity index (χ0v) is 13.0. The van der Waals surface area contributed by atoms with Crippen molar-refractivity contribution in [1.82, 2.24) is 5.01 Å². The molecule has 0 aromatic heterocycles. The summed E-state index contributed by atoms with van der Waals surface area (Å²) >= 11 is 2.07. The fourth-order valence-corrected chi connectivity index (χ4v) is 2.47. The number of anilines is 1. The van der Waals surface area contributed by atoms with Gasteiger partial charge in [0.05, 0.1) is 4.22 Å². The number of hydrogen-bond donors (Lipinski definition) is 2. The van der Waals surface area contributed by atoms with Gasteiger partial charge in [-0.05, 0) is 48.1 Å². The van der Waals surface area contributed by atoms with Gasteiger partial charge in [-0.1, -0.05) is 18.2 Å². The third-order valence-corrected chi connectivity index (χ3v) is 3.47. The number of nitrogens with one attached hydrogen (secondary N) is 1. The highest BCUT2D eigenvalue weighted by Gasteiger charge is 2.34. The number of hydrazine groups is 1. The van der Waals surface area contributed by atoms with Crippen molar-refractivity contribution in [1.29, 1.82) is 5.41 Å². The van der Waals surface area contributed by atoms with Crippen LogP contribution < -0.4 is 10.7 Å². The number of aliphatic imine (C=N–C) groups is 1. The van der Waals surface area contributed by atoms with Gasteiger partial charge < -0.3 is 10.3 Å². The molecule has 6 heteroatoms. The molecule has 1 aromatic carbocycles. The summed E-state index contributed by atoms with van der Waals surface area (Å²) in [6, 6.07) is 8.08. The Labute approximate surface area is 126 Å². The highest BCUT2D eigenvalue weighted by molar-refractivity contribution is 14.1. The average molecular weight is 369 g/mol. The fraction of sp³-hybridized carbons (Fsp3) is 0.231. The Hall–Kier alpha value is -1.41. The van der Waals surface area contributed by atoms with Gasteiger partial charge in [0.2, 0.25) is 0 Å². The van der Waals surface area contributed by atoms with Gasteiger partial charge in [-0.25, -0.2) is 10.8 Å². The van der Waals surface area contributed by atoms with E-state index in [4.69, 9.17) is 11.3 Å². The Morgan fingerprint density at radius 2 is 2.11 bits per heavy atom. The Bertz CT molecular complexity index is 552. The lowest BCUT2D eigenvalue weighted by Crippen LogP contribution is -2.42. The third-order valence-electron chi connectivity index (χ3n) is 3.19. The fourth-order valence-electron chi connectivity index (χ4n) is 2.20. The van der Waals surface area contributed by atoms with E-state index in [1.165, 1.54) is 6.21 Å². The first-order valence-corrected chi connectivity index (χ1v) is 7.12. The minimum absolute atomic E-state index is 0.0761. The summed E-state index contributed by atoms with van der Waals surface area (Å²) in [6.07, 6.45) is 1.17. The number of allylic oxidation sites excluding steroid dienone is 1. The summed E-state index contributed by atoms with van der Waals surface area (Å²) < 4.78 is 1.69. The van der Waals surface area contributed by atoms with E-state index < -0.39 is 0 Å². The van der Waals surface area contributed by atoms with E-state index in [9.17, 15) is 0 Å². The van der Waals surface area contributed by atoms with Gasteiger partial charge in [0.1, 0.15) is 11.9 Å². The van der Waals surface area contributed by atoms with Crippen molar-refractivity contribution in [2.24, 2.45) is 10.8 Å². The molecule has 19 heavy (non-hydrogen) atoms. The molecule has 3 N–H and O–H groups in total. The maximum absolute atomic E-state index is 7.53. The highest BCUT2D eigenvalue weighted by atomic mass is 127. The lowest BCUT2D eigenvalue weighted by atomic mass is 10.2. The number of nitrogens with zero attached hydrogens (tertiary/aromatic N) is 3. The molecule has 1 atom stereocenters. The lowest BCUT2D eigenvalue weighted by Gasteiger charge is -2.29. The molecule has 1 heterocycles. The van der Waals surface area contributed by atoms with E-state index in [1.54, 1.807) is 9.23 Å². The van der Waals surface area contributed by atoms with Gasteiger partial charge in [-0.3, -0.25) is 5.01 Å². The molecule has 0 saturated carbocycles. The van der Waals surface area contributed by atoms with E-state index in [-0.39, 0.29) is 6.17 Å². The van der Waals surface area contributed by atoms with Gasteiger partial charge in [-0.2, -0.15) is 0 Å². The van der Waals surface area contributed by atoms with Crippen molar-refractivity contribution in [3.63, 3.8) is 0 Å². The molecule has 5 nitrogen and oxygen atoms in total. The molecule has 0 amide bonds. The Morgan fingerprint density at radius 1 is 1.42 bits per heavy atom. The SMILES string of the molecule is Cc1ccccc1N1C(/N=C\I)=C(C=N)N(N)[C@@H]1C. The normalized spacial score (nSPS) is 19.7. The zero-order valence-electron chi connectivity index (χ0n) is 10.8. The summed E-state index contributed by atoms with van der Waals surface area (Å²) in [4.78, 5) is 6.42. The second-order valence-corrected chi connectivity index (χ2v) is 4.83. The number of rotatable bonds is 3. The number of benzene rings is 1. The zero-order chi connectivity index (χ0) is 14.0. The maximum Gasteiger partial charge on any atom is 0.161 e. The minimum atomic E-state index is -0.0761. The number of aryl methyl sites for hydroxylation is 1. The van der Waals surface area contributed by atoms with E-state index in [0.717, 1.165) is 11.3 Å². The number of para-hydroxylation sites is 1. The first-order chi connectivity index (χ1) is 9.11. The predicted molar refractivity (Wildman–Crippen MR) is 87.5 cm³/mol. The third kappa shape index (κ3) is 2.37. The van der Waals surface area contributed by atoms with Crippen molar-refractivity contribution in [3.8, 4) is 0 Å². The van der Waals surface area contributed by atoms with Crippen LogP contribution in [-0.2, 0) is 0 Å². The Balaban J connectivity index is 2.58. The monoisotopic (exact) mass is 369 g/mol. The topological polar surface area (TPSA) is 68.7 Å². The van der Waals surface area contributed by atoms with Crippen LogP contribution in [0.4, 0.5) is 5.69 Å². The Morgan fingerprint density at radius 3 is 2.68 bits per heavy atom. The van der Waals surface area contributed by atoms with Crippen LogP contribution in [0.2, 0.25) is 0 Å². The first kappa shape index (κ1) is 14.0. The van der Waals surface area contributed by atoms with E-state index >= 15 is 0 Å². The quantitative estimate of drug-likeness (QED) is 0.489. The lowest BCUT2D eigenvalue weighted by molar-refractivity contribution is 0.319. The van der Waals surface area contributed by atoms with Crippen LogP contribution in [0.25, 0.3) is 0 Å². The summed E-state index contributed by atoms with van der Waals surface area (Å²) in [5, 5.41) is 9.10. The van der Waals surface area contributed by atoms with Crippen LogP contribution in [-0.4, -0.2) is 21.6 Å². The molecule has 0 radical (unpaired) electrons. The first-order valence-electron chi connectivity index (χ1n) is 5.88. The van der Waals surface area contributed by atoms with Crippen LogP contribution in [0, 0.1) is 12.3 Å². The second-order valence-electron chi connectivity index (χ2n) is 4.28. The van der Waals surface area contributed by atoms with Crippen LogP contribution in [0.3, 0.4) is 0 Å². The van der Waals surface area contributed by atoms with E-state index in [0.29, 0.717) is 11.5 Å². The molecule has 0 aliphatic carbocycles. The molecule has 0 unspecified atom stereocenters. The average Bonchev–Trinajstić information content (AvgIpc) is 2.63. The number of nitrogens with two attached hydrogens (primary N) is 1. The summed E-state index contributed by atoms with van der Waals surface area (Å²) in [6.45, 7) is 4.04. The largest absolute Gasteiger partial charge is 0.306 e. The molecule has 2 rings (SSSR count). The molecular weight excluding hydrogens is 353 g/mol. The van der Waals surface area contributed by atoms with Crippen molar-refractivity contribution in [2.45, 2.75) is 20.0 Å². The van der Waals surface area contributed by atoms with E-state index in [2.05, 4.69) is 40.6 Å². The van der Waals surface area contributed by atoms with Crippen molar-refractivity contribution in [3.05, 3.63) is 41.3 Å². The molecule has 1 aromatic rings. The van der Waals surface area contributed by atoms with Gasteiger partial charge in [0, 0.05) is 11.9 Å². The van der Waals surface area contributed by atoms with Crippen molar-refractivity contribution >= 4 is 38.7 Å². The molecule has 0 saturated heterocycles. The number of halogens is 1. The summed E-state index contributed by atoms with van der Waals surface area (Å²) in [5.74, 6) is 6.74. The van der Waals surface area contributed by atoms with Gasteiger partial charge >= 0.3 is 0 Å². The minimum Gasteiger partial charge on any atom is -0.306 e. The van der Waals surface area contributed by atoms with Crippen molar-refractivity contribution in [2.75, 3.05) is 4.90 Å². The highest BCUT2D eigenvalue weighted by Crippen LogP contribution is 2.34. The molecule has 0 spiro atoms. The van der Waals surface area contributed by atoms with Gasteiger partial charge in [0.25, 0.3) is 0 Å². The molecule has 100 valence electrons. The van der Waals surface area contributed by atoms with Crippen LogP contribution in [0.5, 0.6) is 0 Å². The number of hydrogen-bond acceptors (Lipinski definition) is 5. The molecule has 0 bridgehead atoms. The molecular formula is C13H16IN5. The standard InChI is InChI=1S/C13H16IN5/c1-9-5-3-4-6-11(9)18-10(2)19(16)12(7-15)13(18)17-8-14/h3-8,10,15H,16H2,1-2H3/b15-7?,17-8-/t10-/m1/s1. The van der Waals surface area contributed by atoms with Crippen LogP contribution in [0.1, 0.15) is 12.5 Å². The van der Waals surface area contributed by atoms with Gasteiger partial charge in [0.15, 0.2) is 5.82 Å². The summed E-state index contributed by atoms with van der Waals surface area (Å²) in [7, 11) is 0. The van der Waals surface area contributed by atoms with Gasteiger partial charge in [-0.15, -0.1) is 0 Å². The van der Waals surface area contributed by atoms with Crippen molar-refractivity contribution < 1.29 is 0 Å².